The summed E-state index contributed by atoms with van der Waals surface area (Å²) < 4.78 is 0. The Morgan fingerprint density at radius 3 is 2.76 bits per heavy atom. The number of nitrogen functional groups attached to an aromatic ring is 1. The Bertz CT molecular complexity index is 779. The van der Waals surface area contributed by atoms with E-state index in [-0.39, 0.29) is 11.8 Å². The van der Waals surface area contributed by atoms with Gasteiger partial charge < -0.3 is 16.0 Å². The first-order chi connectivity index (χ1) is 12.0. The molecule has 2 amide bonds. The zero-order valence-electron chi connectivity index (χ0n) is 13.6. The molecule has 1 fully saturated rings. The van der Waals surface area contributed by atoms with E-state index in [1.54, 1.807) is 23.1 Å². The van der Waals surface area contributed by atoms with Gasteiger partial charge in [0.15, 0.2) is 0 Å². The van der Waals surface area contributed by atoms with Gasteiger partial charge in [-0.05, 0) is 36.6 Å². The van der Waals surface area contributed by atoms with Crippen LogP contribution in [0.3, 0.4) is 0 Å². The van der Waals surface area contributed by atoms with Crippen molar-refractivity contribution in [1.29, 1.82) is 0 Å². The molecule has 1 aliphatic rings. The lowest BCUT2D eigenvalue weighted by atomic mass is 10.1. The number of carbonyl (C=O) groups excluding carboxylic acids is 2. The van der Waals surface area contributed by atoms with Crippen molar-refractivity contribution >= 4 is 29.1 Å². The normalized spacial score (nSPS) is 16.7. The lowest BCUT2D eigenvalue weighted by Crippen LogP contribution is -2.45. The van der Waals surface area contributed by atoms with Crippen molar-refractivity contribution in [2.24, 2.45) is 0 Å². The third-order valence-electron chi connectivity index (χ3n) is 4.20. The number of hydrogen-bond donors (Lipinski definition) is 2. The van der Waals surface area contributed by atoms with Crippen molar-refractivity contribution in [3.05, 3.63) is 58.9 Å². The number of anilines is 1. The molecule has 25 heavy (non-hydrogen) atoms. The number of halogens is 1. The van der Waals surface area contributed by atoms with Crippen molar-refractivity contribution in [2.45, 2.75) is 25.4 Å². The molecule has 2 heterocycles. The first-order valence-electron chi connectivity index (χ1n) is 8.08. The Morgan fingerprint density at radius 1 is 1.28 bits per heavy atom. The summed E-state index contributed by atoms with van der Waals surface area (Å²) in [6, 6.07) is 8.39. The molecule has 0 aliphatic carbocycles. The Kier molecular flexibility index (Phi) is 5.19. The molecule has 7 heteroatoms. The maximum absolute atomic E-state index is 12.7. The number of nitrogens with zero attached hydrogens (tertiary/aromatic N) is 2. The van der Waals surface area contributed by atoms with E-state index in [0.717, 1.165) is 12.0 Å². The summed E-state index contributed by atoms with van der Waals surface area (Å²) in [5.41, 5.74) is 7.47. The van der Waals surface area contributed by atoms with Crippen LogP contribution in [0.15, 0.2) is 42.7 Å². The topological polar surface area (TPSA) is 88.3 Å². The minimum absolute atomic E-state index is 0.155. The summed E-state index contributed by atoms with van der Waals surface area (Å²) in [4.78, 5) is 30.7. The Hall–Kier alpha value is -2.60. The summed E-state index contributed by atoms with van der Waals surface area (Å²) in [6.07, 6.45) is 4.39. The van der Waals surface area contributed by atoms with Crippen LogP contribution in [0.1, 0.15) is 28.8 Å². The number of nitrogens with one attached hydrogen (secondary N) is 1. The fraction of sp³-hybridized carbons (Fsp3) is 0.278. The van der Waals surface area contributed by atoms with Gasteiger partial charge in [-0.3, -0.25) is 14.6 Å². The minimum atomic E-state index is -0.471. The second kappa shape index (κ2) is 7.53. The molecule has 1 aromatic carbocycles. The average Bonchev–Trinajstić information content (AvgIpc) is 3.10. The number of benzene rings is 1. The molecule has 0 radical (unpaired) electrons. The standard InChI is InChI=1S/C18H19ClN4O2/c19-14-5-3-12(4-6-14)9-22-17(24)16-2-1-7-23(16)18(25)13-8-15(20)11-21-10-13/h3-6,8,10-11,16H,1-2,7,9,20H2,(H,22,24)/t16-/m0/s1. The molecule has 0 spiro atoms. The molecule has 3 rings (SSSR count). The molecular weight excluding hydrogens is 340 g/mol. The minimum Gasteiger partial charge on any atom is -0.397 e. The number of hydrogen-bond acceptors (Lipinski definition) is 4. The van der Waals surface area contributed by atoms with E-state index in [1.165, 1.54) is 12.4 Å². The fourth-order valence-corrected chi connectivity index (χ4v) is 3.06. The van der Waals surface area contributed by atoms with Crippen LogP contribution in [0.4, 0.5) is 5.69 Å². The number of amides is 2. The third kappa shape index (κ3) is 4.09. The molecular formula is C18H19ClN4O2. The third-order valence-corrected chi connectivity index (χ3v) is 4.45. The second-order valence-electron chi connectivity index (χ2n) is 6.01. The molecule has 1 saturated heterocycles. The summed E-state index contributed by atoms with van der Waals surface area (Å²) in [7, 11) is 0. The molecule has 1 aliphatic heterocycles. The molecule has 3 N–H and O–H groups in total. The summed E-state index contributed by atoms with van der Waals surface area (Å²) in [5.74, 6) is -0.374. The van der Waals surface area contributed by atoms with Crippen LogP contribution >= 0.6 is 11.6 Å². The van der Waals surface area contributed by atoms with E-state index in [0.29, 0.717) is 35.8 Å². The van der Waals surface area contributed by atoms with E-state index >= 15 is 0 Å². The van der Waals surface area contributed by atoms with E-state index in [1.807, 2.05) is 12.1 Å². The maximum Gasteiger partial charge on any atom is 0.256 e. The molecule has 130 valence electrons. The number of carbonyl (C=O) groups is 2. The molecule has 6 nitrogen and oxygen atoms in total. The van der Waals surface area contributed by atoms with Crippen LogP contribution in [0, 0.1) is 0 Å². The fourth-order valence-electron chi connectivity index (χ4n) is 2.93. The van der Waals surface area contributed by atoms with Crippen LogP contribution < -0.4 is 11.1 Å². The van der Waals surface area contributed by atoms with E-state index in [4.69, 9.17) is 17.3 Å². The molecule has 2 aromatic rings. The van der Waals surface area contributed by atoms with Gasteiger partial charge in [0.25, 0.3) is 5.91 Å². The van der Waals surface area contributed by atoms with Gasteiger partial charge in [-0.1, -0.05) is 23.7 Å². The zero-order valence-corrected chi connectivity index (χ0v) is 14.4. The van der Waals surface area contributed by atoms with Crippen molar-refractivity contribution in [1.82, 2.24) is 15.2 Å². The number of rotatable bonds is 4. The maximum atomic E-state index is 12.7. The van der Waals surface area contributed by atoms with Crippen LogP contribution in [0.5, 0.6) is 0 Å². The molecule has 1 atom stereocenters. The highest BCUT2D eigenvalue weighted by Gasteiger charge is 2.34. The highest BCUT2D eigenvalue weighted by Crippen LogP contribution is 2.21. The van der Waals surface area contributed by atoms with Crippen LogP contribution in [-0.4, -0.2) is 34.3 Å². The van der Waals surface area contributed by atoms with Gasteiger partial charge in [0.1, 0.15) is 6.04 Å². The van der Waals surface area contributed by atoms with Gasteiger partial charge >= 0.3 is 0 Å². The molecule has 1 aromatic heterocycles. The highest BCUT2D eigenvalue weighted by atomic mass is 35.5. The van der Waals surface area contributed by atoms with Gasteiger partial charge in [-0.25, -0.2) is 0 Å². The average molecular weight is 359 g/mol. The Balaban J connectivity index is 1.65. The number of aromatic nitrogens is 1. The Labute approximate surface area is 151 Å². The van der Waals surface area contributed by atoms with Crippen molar-refractivity contribution in [3.63, 3.8) is 0 Å². The number of likely N-dealkylation sites (tertiary alicyclic amines) is 1. The molecule has 0 saturated carbocycles. The highest BCUT2D eigenvalue weighted by molar-refractivity contribution is 6.30. The molecule has 0 unspecified atom stereocenters. The van der Waals surface area contributed by atoms with E-state index < -0.39 is 6.04 Å². The first kappa shape index (κ1) is 17.2. The predicted octanol–water partition coefficient (Wildman–Crippen LogP) is 2.24. The van der Waals surface area contributed by atoms with Gasteiger partial charge in [0, 0.05) is 30.5 Å². The van der Waals surface area contributed by atoms with Gasteiger partial charge in [-0.15, -0.1) is 0 Å². The van der Waals surface area contributed by atoms with Crippen LogP contribution in [-0.2, 0) is 11.3 Å². The van der Waals surface area contributed by atoms with Crippen molar-refractivity contribution in [2.75, 3.05) is 12.3 Å². The second-order valence-corrected chi connectivity index (χ2v) is 6.44. The molecule has 0 bridgehead atoms. The van der Waals surface area contributed by atoms with E-state index in [9.17, 15) is 9.59 Å². The van der Waals surface area contributed by atoms with Crippen molar-refractivity contribution < 1.29 is 9.59 Å². The largest absolute Gasteiger partial charge is 0.397 e. The quantitative estimate of drug-likeness (QED) is 0.877. The van der Waals surface area contributed by atoms with E-state index in [2.05, 4.69) is 10.3 Å². The van der Waals surface area contributed by atoms with Crippen LogP contribution in [0.2, 0.25) is 5.02 Å². The summed E-state index contributed by atoms with van der Waals surface area (Å²) >= 11 is 5.86. The summed E-state index contributed by atoms with van der Waals surface area (Å²) in [6.45, 7) is 0.945. The van der Waals surface area contributed by atoms with Crippen molar-refractivity contribution in [3.8, 4) is 0 Å². The first-order valence-corrected chi connectivity index (χ1v) is 8.46. The number of nitrogens with two attached hydrogens (primary N) is 1. The lowest BCUT2D eigenvalue weighted by Gasteiger charge is -2.24. The predicted molar refractivity (Wildman–Crippen MR) is 96.0 cm³/mol. The monoisotopic (exact) mass is 358 g/mol. The smallest absolute Gasteiger partial charge is 0.256 e. The van der Waals surface area contributed by atoms with Gasteiger partial charge in [-0.2, -0.15) is 0 Å². The van der Waals surface area contributed by atoms with Gasteiger partial charge in [0.05, 0.1) is 11.3 Å². The number of pyridine rings is 1. The van der Waals surface area contributed by atoms with Gasteiger partial charge in [0.2, 0.25) is 5.91 Å². The Morgan fingerprint density at radius 2 is 2.04 bits per heavy atom. The summed E-state index contributed by atoms with van der Waals surface area (Å²) in [5, 5.41) is 3.54. The lowest BCUT2D eigenvalue weighted by molar-refractivity contribution is -0.125. The zero-order chi connectivity index (χ0) is 17.8. The SMILES string of the molecule is Nc1cncc(C(=O)N2CCC[C@H]2C(=O)NCc2ccc(Cl)cc2)c1. The van der Waals surface area contributed by atoms with Crippen LogP contribution in [0.25, 0.3) is 0 Å².